The summed E-state index contributed by atoms with van der Waals surface area (Å²) in [6, 6.07) is 6.61. The van der Waals surface area contributed by atoms with Gasteiger partial charge in [0.15, 0.2) is 0 Å². The second-order valence-corrected chi connectivity index (χ2v) is 6.38. The monoisotopic (exact) mass is 324 g/mol. The molecule has 1 aromatic carbocycles. The fraction of sp³-hybridized carbons (Fsp3) is 0.409. The summed E-state index contributed by atoms with van der Waals surface area (Å²) in [5, 5.41) is 4.53. The van der Waals surface area contributed by atoms with Crippen molar-refractivity contribution in [2.75, 3.05) is 0 Å². The number of rotatable bonds is 5. The minimum absolute atomic E-state index is 1.10. The zero-order valence-electron chi connectivity index (χ0n) is 16.2. The summed E-state index contributed by atoms with van der Waals surface area (Å²) >= 11 is 0. The smallest absolute Gasteiger partial charge is 0.0672 e. The van der Waals surface area contributed by atoms with Gasteiger partial charge in [-0.2, -0.15) is 5.10 Å². The largest absolute Gasteiger partial charge is 0.275 e. The highest BCUT2D eigenvalue weighted by Crippen LogP contribution is 2.36. The predicted molar refractivity (Wildman–Crippen MR) is 107 cm³/mol. The maximum atomic E-state index is 4.53. The molecule has 2 aromatic rings. The molecule has 0 atom stereocenters. The minimum atomic E-state index is 1.10. The van der Waals surface area contributed by atoms with Crippen molar-refractivity contribution in [1.29, 1.82) is 0 Å². The Balaban J connectivity index is 0.00000139. The molecule has 0 fully saturated rings. The number of nitrogens with zero attached hydrogens (tertiary/aromatic N) is 2. The Morgan fingerprint density at radius 1 is 1.12 bits per heavy atom. The molecule has 130 valence electrons. The van der Waals surface area contributed by atoms with E-state index in [2.05, 4.69) is 77.3 Å². The first-order valence-corrected chi connectivity index (χ1v) is 8.72. The number of hydrogen-bond donors (Lipinski definition) is 0. The highest BCUT2D eigenvalue weighted by atomic mass is 15.2. The van der Waals surface area contributed by atoms with Crippen LogP contribution >= 0.6 is 0 Å². The maximum Gasteiger partial charge on any atom is 0.0672 e. The van der Waals surface area contributed by atoms with E-state index in [1.54, 1.807) is 0 Å². The van der Waals surface area contributed by atoms with Crippen molar-refractivity contribution in [3.63, 3.8) is 0 Å². The standard InChI is InChI=1S/C20H28N2.C2H4/c1-7-8-11-17(14(2)3)20-15(4)10-9-12-18(20)19-13-22(6)21-16(19)5;1-2/h9-10,12-13H,7-8,11H2,1-6H3;1-2H2. The highest BCUT2D eigenvalue weighted by molar-refractivity contribution is 5.84. The number of unbranched alkanes of at least 4 members (excludes halogenated alkanes) is 1. The lowest BCUT2D eigenvalue weighted by Gasteiger charge is -2.18. The van der Waals surface area contributed by atoms with Crippen LogP contribution in [0.25, 0.3) is 16.7 Å². The van der Waals surface area contributed by atoms with Crippen LogP contribution in [0, 0.1) is 13.8 Å². The average molecular weight is 325 g/mol. The van der Waals surface area contributed by atoms with Crippen LogP contribution < -0.4 is 0 Å². The molecule has 2 rings (SSSR count). The van der Waals surface area contributed by atoms with Crippen LogP contribution in [0.5, 0.6) is 0 Å². The molecule has 0 amide bonds. The van der Waals surface area contributed by atoms with Gasteiger partial charge < -0.3 is 0 Å². The highest BCUT2D eigenvalue weighted by Gasteiger charge is 2.16. The summed E-state index contributed by atoms with van der Waals surface area (Å²) < 4.78 is 1.91. The van der Waals surface area contributed by atoms with Gasteiger partial charge in [-0.3, -0.25) is 4.68 Å². The Kier molecular flexibility index (Phi) is 7.70. The third-order valence-electron chi connectivity index (χ3n) is 4.26. The van der Waals surface area contributed by atoms with E-state index in [0.29, 0.717) is 0 Å². The van der Waals surface area contributed by atoms with Crippen molar-refractivity contribution in [1.82, 2.24) is 9.78 Å². The molecule has 0 unspecified atom stereocenters. The second kappa shape index (κ2) is 9.27. The van der Waals surface area contributed by atoms with Crippen LogP contribution in [0.2, 0.25) is 0 Å². The van der Waals surface area contributed by atoms with E-state index >= 15 is 0 Å². The zero-order chi connectivity index (χ0) is 18.3. The zero-order valence-corrected chi connectivity index (χ0v) is 16.2. The molecular formula is C22H32N2. The number of aryl methyl sites for hydroxylation is 3. The van der Waals surface area contributed by atoms with Gasteiger partial charge in [0, 0.05) is 18.8 Å². The molecule has 0 saturated heterocycles. The average Bonchev–Trinajstić information content (AvgIpc) is 2.89. The van der Waals surface area contributed by atoms with Crippen molar-refractivity contribution in [3.05, 3.63) is 59.9 Å². The van der Waals surface area contributed by atoms with E-state index in [-0.39, 0.29) is 0 Å². The normalized spacial score (nSPS) is 10.1. The lowest BCUT2D eigenvalue weighted by molar-refractivity contribution is 0.756. The number of allylic oxidation sites excluding steroid dienone is 2. The Labute approximate surface area is 147 Å². The SMILES string of the molecule is C=C.CCCCC(=C(C)C)c1c(C)cccc1-c1cn(C)nc1C. The molecule has 0 aliphatic heterocycles. The van der Waals surface area contributed by atoms with Gasteiger partial charge >= 0.3 is 0 Å². The molecule has 0 saturated carbocycles. The fourth-order valence-electron chi connectivity index (χ4n) is 3.14. The molecule has 0 N–H and O–H groups in total. The van der Waals surface area contributed by atoms with Crippen molar-refractivity contribution in [3.8, 4) is 11.1 Å². The van der Waals surface area contributed by atoms with E-state index in [1.165, 1.54) is 46.2 Å². The molecule has 2 heteroatoms. The summed E-state index contributed by atoms with van der Waals surface area (Å²) in [7, 11) is 1.99. The van der Waals surface area contributed by atoms with Gasteiger partial charge in [-0.05, 0) is 62.8 Å². The Morgan fingerprint density at radius 3 is 2.29 bits per heavy atom. The second-order valence-electron chi connectivity index (χ2n) is 6.38. The summed E-state index contributed by atoms with van der Waals surface area (Å²) in [6.07, 6.45) is 5.75. The summed E-state index contributed by atoms with van der Waals surface area (Å²) in [6.45, 7) is 17.0. The third-order valence-corrected chi connectivity index (χ3v) is 4.26. The number of aromatic nitrogens is 2. The number of hydrogen-bond acceptors (Lipinski definition) is 1. The van der Waals surface area contributed by atoms with Gasteiger partial charge in [-0.25, -0.2) is 0 Å². The van der Waals surface area contributed by atoms with Crippen molar-refractivity contribution in [2.24, 2.45) is 7.05 Å². The van der Waals surface area contributed by atoms with Gasteiger partial charge in [0.1, 0.15) is 0 Å². The quantitative estimate of drug-likeness (QED) is 0.575. The van der Waals surface area contributed by atoms with E-state index in [9.17, 15) is 0 Å². The first-order valence-electron chi connectivity index (χ1n) is 8.72. The minimum Gasteiger partial charge on any atom is -0.275 e. The third kappa shape index (κ3) is 4.47. The Bertz CT molecular complexity index is 701. The molecular weight excluding hydrogens is 292 g/mol. The Morgan fingerprint density at radius 2 is 1.79 bits per heavy atom. The molecule has 2 nitrogen and oxygen atoms in total. The topological polar surface area (TPSA) is 17.8 Å². The molecule has 1 heterocycles. The molecule has 0 radical (unpaired) electrons. The van der Waals surface area contributed by atoms with Crippen LogP contribution in [0.1, 0.15) is 56.9 Å². The van der Waals surface area contributed by atoms with Crippen molar-refractivity contribution in [2.45, 2.75) is 53.9 Å². The molecule has 0 spiro atoms. The summed E-state index contributed by atoms with van der Waals surface area (Å²) in [5.74, 6) is 0. The lowest BCUT2D eigenvalue weighted by atomic mass is 9.87. The maximum absolute atomic E-state index is 4.53. The van der Waals surface area contributed by atoms with Crippen LogP contribution in [0.3, 0.4) is 0 Å². The first-order chi connectivity index (χ1) is 11.5. The molecule has 0 bridgehead atoms. The molecule has 0 aliphatic rings. The summed E-state index contributed by atoms with van der Waals surface area (Å²) in [5.41, 5.74) is 9.34. The molecule has 0 aliphatic carbocycles. The van der Waals surface area contributed by atoms with Gasteiger partial charge in [-0.1, -0.05) is 37.1 Å². The van der Waals surface area contributed by atoms with Crippen molar-refractivity contribution >= 4 is 5.57 Å². The molecule has 1 aromatic heterocycles. The summed E-state index contributed by atoms with van der Waals surface area (Å²) in [4.78, 5) is 0. The lowest BCUT2D eigenvalue weighted by Crippen LogP contribution is -1.96. The Hall–Kier alpha value is -2.09. The van der Waals surface area contributed by atoms with Crippen molar-refractivity contribution < 1.29 is 0 Å². The van der Waals surface area contributed by atoms with E-state index in [0.717, 1.165) is 12.1 Å². The van der Waals surface area contributed by atoms with Gasteiger partial charge in [0.2, 0.25) is 0 Å². The van der Waals surface area contributed by atoms with Gasteiger partial charge in [-0.15, -0.1) is 13.2 Å². The van der Waals surface area contributed by atoms with Crippen LogP contribution in [0.15, 0.2) is 43.1 Å². The van der Waals surface area contributed by atoms with E-state index in [1.807, 2.05) is 11.7 Å². The van der Waals surface area contributed by atoms with Crippen LogP contribution in [-0.2, 0) is 7.05 Å². The molecule has 24 heavy (non-hydrogen) atoms. The van der Waals surface area contributed by atoms with Gasteiger partial charge in [0.25, 0.3) is 0 Å². The predicted octanol–water partition coefficient (Wildman–Crippen LogP) is 6.49. The van der Waals surface area contributed by atoms with Crippen LogP contribution in [-0.4, -0.2) is 9.78 Å². The van der Waals surface area contributed by atoms with E-state index in [4.69, 9.17) is 0 Å². The number of benzene rings is 1. The first kappa shape index (κ1) is 20.0. The van der Waals surface area contributed by atoms with Crippen LogP contribution in [0.4, 0.5) is 0 Å². The van der Waals surface area contributed by atoms with E-state index < -0.39 is 0 Å². The van der Waals surface area contributed by atoms with Gasteiger partial charge in [0.05, 0.1) is 5.69 Å². The fourth-order valence-corrected chi connectivity index (χ4v) is 3.14.